The predicted molar refractivity (Wildman–Crippen MR) is 81.1 cm³/mol. The number of carbonyl (C=O) groups is 1. The third-order valence-corrected chi connectivity index (χ3v) is 4.69. The molecule has 0 bridgehead atoms. The molecule has 108 valence electrons. The number of likely N-dealkylation sites (tertiary alicyclic amines) is 1. The maximum atomic E-state index is 12.3. The fourth-order valence-corrected chi connectivity index (χ4v) is 3.70. The zero-order valence-electron chi connectivity index (χ0n) is 12.3. The molecule has 20 heavy (non-hydrogen) atoms. The smallest absolute Gasteiger partial charge is 0.223 e. The monoisotopic (exact) mass is 291 g/mol. The molecule has 0 saturated carbocycles. The van der Waals surface area contributed by atoms with Gasteiger partial charge in [0, 0.05) is 37.0 Å². The summed E-state index contributed by atoms with van der Waals surface area (Å²) in [4.78, 5) is 20.1. The van der Waals surface area contributed by atoms with Gasteiger partial charge in [-0.25, -0.2) is 4.98 Å². The van der Waals surface area contributed by atoms with Gasteiger partial charge in [0.15, 0.2) is 0 Å². The Labute approximate surface area is 123 Å². The fourth-order valence-electron chi connectivity index (χ4n) is 2.81. The van der Waals surface area contributed by atoms with Crippen LogP contribution in [0.25, 0.3) is 4.83 Å². The molecule has 0 aliphatic carbocycles. The summed E-state index contributed by atoms with van der Waals surface area (Å²) in [6.45, 7) is 8.03. The minimum absolute atomic E-state index is 0.0601. The van der Waals surface area contributed by atoms with E-state index in [1.165, 1.54) is 4.83 Å². The average molecular weight is 291 g/mol. The van der Waals surface area contributed by atoms with Crippen LogP contribution in [-0.4, -0.2) is 33.3 Å². The predicted octanol–water partition coefficient (Wildman–Crippen LogP) is 3.15. The zero-order valence-corrected chi connectivity index (χ0v) is 13.1. The van der Waals surface area contributed by atoms with Gasteiger partial charge in [-0.2, -0.15) is 0 Å². The molecule has 1 atom stereocenters. The molecule has 0 N–H and O–H groups in total. The third-order valence-electron chi connectivity index (χ3n) is 3.79. The van der Waals surface area contributed by atoms with E-state index in [1.807, 2.05) is 17.4 Å². The van der Waals surface area contributed by atoms with Crippen molar-refractivity contribution < 1.29 is 4.79 Å². The van der Waals surface area contributed by atoms with Crippen molar-refractivity contribution in [3.63, 3.8) is 0 Å². The summed E-state index contributed by atoms with van der Waals surface area (Å²) in [5, 5.41) is 2.08. The Bertz CT molecular complexity index is 622. The van der Waals surface area contributed by atoms with E-state index < -0.39 is 0 Å². The number of carbonyl (C=O) groups excluding carboxylic acids is 1. The molecule has 3 rings (SSSR count). The second kappa shape index (κ2) is 4.88. The van der Waals surface area contributed by atoms with Gasteiger partial charge >= 0.3 is 0 Å². The maximum Gasteiger partial charge on any atom is 0.223 e. The van der Waals surface area contributed by atoms with E-state index in [4.69, 9.17) is 0 Å². The van der Waals surface area contributed by atoms with E-state index in [-0.39, 0.29) is 11.3 Å². The van der Waals surface area contributed by atoms with Gasteiger partial charge < -0.3 is 4.90 Å². The maximum absolute atomic E-state index is 12.3. The molecule has 4 nitrogen and oxygen atoms in total. The van der Waals surface area contributed by atoms with Crippen molar-refractivity contribution in [3.05, 3.63) is 23.6 Å². The minimum Gasteiger partial charge on any atom is -0.342 e. The van der Waals surface area contributed by atoms with Crippen molar-refractivity contribution in [2.45, 2.75) is 39.5 Å². The highest BCUT2D eigenvalue weighted by Crippen LogP contribution is 2.32. The Kier molecular flexibility index (Phi) is 3.32. The second-order valence-electron chi connectivity index (χ2n) is 6.81. The first-order valence-electron chi connectivity index (χ1n) is 7.12. The van der Waals surface area contributed by atoms with Gasteiger partial charge in [-0.15, -0.1) is 11.3 Å². The first kappa shape index (κ1) is 13.6. The SMILES string of the molecule is CC(C)(C)CC(=O)N1CC[C@@H](c2ncn3ccsc23)C1. The third kappa shape index (κ3) is 2.59. The molecule has 0 radical (unpaired) electrons. The van der Waals surface area contributed by atoms with Gasteiger partial charge in [0.05, 0.1) is 5.69 Å². The molecule has 1 aliphatic rings. The summed E-state index contributed by atoms with van der Waals surface area (Å²) in [5.74, 6) is 0.671. The van der Waals surface area contributed by atoms with Crippen LogP contribution in [0.2, 0.25) is 0 Å². The number of amides is 1. The zero-order chi connectivity index (χ0) is 14.3. The van der Waals surface area contributed by atoms with Crippen molar-refractivity contribution in [2.24, 2.45) is 5.41 Å². The van der Waals surface area contributed by atoms with E-state index in [0.29, 0.717) is 12.3 Å². The standard InChI is InChI=1S/C15H21N3OS/c1-15(2,3)8-12(19)17-5-4-11(9-17)13-14-18(10-16-13)6-7-20-14/h6-7,10-11H,4-5,8-9H2,1-3H3/t11-/m1/s1. The average Bonchev–Trinajstić information content (AvgIpc) is 3.02. The summed E-state index contributed by atoms with van der Waals surface area (Å²) in [6.07, 6.45) is 5.56. The van der Waals surface area contributed by atoms with Crippen molar-refractivity contribution in [3.8, 4) is 0 Å². The van der Waals surface area contributed by atoms with E-state index >= 15 is 0 Å². The molecule has 3 heterocycles. The molecule has 0 unspecified atom stereocenters. The molecule has 1 amide bonds. The van der Waals surface area contributed by atoms with Gasteiger partial charge in [-0.3, -0.25) is 9.20 Å². The Morgan fingerprint density at radius 2 is 2.30 bits per heavy atom. The summed E-state index contributed by atoms with van der Waals surface area (Å²) < 4.78 is 2.07. The van der Waals surface area contributed by atoms with Gasteiger partial charge in [0.2, 0.25) is 5.91 Å². The van der Waals surface area contributed by atoms with Gasteiger partial charge in [0.1, 0.15) is 11.2 Å². The number of fused-ring (bicyclic) bond motifs is 1. The van der Waals surface area contributed by atoms with Crippen LogP contribution in [0, 0.1) is 5.41 Å². The lowest BCUT2D eigenvalue weighted by molar-refractivity contribution is -0.132. The van der Waals surface area contributed by atoms with Crippen molar-refractivity contribution in [1.82, 2.24) is 14.3 Å². The summed E-state index contributed by atoms with van der Waals surface area (Å²) in [5.41, 5.74) is 1.22. The summed E-state index contributed by atoms with van der Waals surface area (Å²) in [7, 11) is 0. The number of hydrogen-bond donors (Lipinski definition) is 0. The molecule has 1 aliphatic heterocycles. The molecular formula is C15H21N3OS. The molecule has 0 spiro atoms. The lowest BCUT2D eigenvalue weighted by Gasteiger charge is -2.22. The number of nitrogens with zero attached hydrogens (tertiary/aromatic N) is 3. The molecule has 2 aromatic rings. The van der Waals surface area contributed by atoms with Crippen molar-refractivity contribution in [1.29, 1.82) is 0 Å². The highest BCUT2D eigenvalue weighted by atomic mass is 32.1. The van der Waals surface area contributed by atoms with E-state index in [2.05, 4.69) is 35.5 Å². The Morgan fingerprint density at radius 3 is 3.05 bits per heavy atom. The first-order valence-corrected chi connectivity index (χ1v) is 8.00. The number of imidazole rings is 1. The van der Waals surface area contributed by atoms with Gasteiger partial charge in [-0.05, 0) is 11.8 Å². The van der Waals surface area contributed by atoms with E-state index in [1.54, 1.807) is 11.3 Å². The highest BCUT2D eigenvalue weighted by molar-refractivity contribution is 7.15. The van der Waals surface area contributed by atoms with Crippen LogP contribution >= 0.6 is 11.3 Å². The van der Waals surface area contributed by atoms with Crippen LogP contribution in [0.4, 0.5) is 0 Å². The minimum atomic E-state index is 0.0601. The number of hydrogen-bond acceptors (Lipinski definition) is 3. The molecule has 5 heteroatoms. The van der Waals surface area contributed by atoms with Gasteiger partial charge in [0.25, 0.3) is 0 Å². The second-order valence-corrected chi connectivity index (χ2v) is 7.70. The Morgan fingerprint density at radius 1 is 1.50 bits per heavy atom. The number of rotatable bonds is 2. The van der Waals surface area contributed by atoms with Gasteiger partial charge in [-0.1, -0.05) is 20.8 Å². The summed E-state index contributed by atoms with van der Waals surface area (Å²) >= 11 is 1.72. The number of aromatic nitrogens is 2. The van der Waals surface area contributed by atoms with Crippen LogP contribution in [0.3, 0.4) is 0 Å². The summed E-state index contributed by atoms with van der Waals surface area (Å²) in [6, 6.07) is 0. The largest absolute Gasteiger partial charge is 0.342 e. The van der Waals surface area contributed by atoms with Crippen molar-refractivity contribution >= 4 is 22.1 Å². The quantitative estimate of drug-likeness (QED) is 0.852. The topological polar surface area (TPSA) is 37.6 Å². The normalized spacial score (nSPS) is 19.9. The van der Waals surface area contributed by atoms with E-state index in [0.717, 1.165) is 25.2 Å². The van der Waals surface area contributed by atoms with Crippen LogP contribution < -0.4 is 0 Å². The highest BCUT2D eigenvalue weighted by Gasteiger charge is 2.31. The Balaban J connectivity index is 1.71. The van der Waals surface area contributed by atoms with Crippen LogP contribution in [-0.2, 0) is 4.79 Å². The number of thiazole rings is 1. The Hall–Kier alpha value is -1.36. The lowest BCUT2D eigenvalue weighted by Crippen LogP contribution is -2.31. The van der Waals surface area contributed by atoms with E-state index in [9.17, 15) is 4.79 Å². The molecule has 2 aromatic heterocycles. The molecular weight excluding hydrogens is 270 g/mol. The van der Waals surface area contributed by atoms with Crippen LogP contribution in [0.15, 0.2) is 17.9 Å². The first-order chi connectivity index (χ1) is 9.44. The molecule has 0 aromatic carbocycles. The van der Waals surface area contributed by atoms with Crippen molar-refractivity contribution in [2.75, 3.05) is 13.1 Å². The molecule has 1 fully saturated rings. The molecule has 1 saturated heterocycles. The van der Waals surface area contributed by atoms with Crippen LogP contribution in [0.1, 0.15) is 45.2 Å². The lowest BCUT2D eigenvalue weighted by atomic mass is 9.91. The fraction of sp³-hybridized carbons (Fsp3) is 0.600. The van der Waals surface area contributed by atoms with Crippen LogP contribution in [0.5, 0.6) is 0 Å².